The third-order valence-electron chi connectivity index (χ3n) is 2.40. The van der Waals surface area contributed by atoms with Crippen LogP contribution in [0, 0.1) is 0 Å². The van der Waals surface area contributed by atoms with Crippen LogP contribution in [0.15, 0.2) is 30.3 Å². The molecule has 0 heterocycles. The molecule has 0 saturated carbocycles. The van der Waals surface area contributed by atoms with E-state index in [0.717, 1.165) is 17.7 Å². The van der Waals surface area contributed by atoms with Crippen LogP contribution < -0.4 is 4.74 Å². The molecular formula is C14H18O3. The summed E-state index contributed by atoms with van der Waals surface area (Å²) in [6, 6.07) is 7.48. The molecule has 0 radical (unpaired) electrons. The van der Waals surface area contributed by atoms with Gasteiger partial charge in [-0.2, -0.15) is 0 Å². The summed E-state index contributed by atoms with van der Waals surface area (Å²) in [5, 5.41) is 0. The minimum Gasteiger partial charge on any atom is -0.497 e. The Labute approximate surface area is 102 Å². The van der Waals surface area contributed by atoms with Crippen molar-refractivity contribution in [2.24, 2.45) is 0 Å². The average Bonchev–Trinajstić information content (AvgIpc) is 2.36. The van der Waals surface area contributed by atoms with E-state index >= 15 is 0 Å². The molecule has 3 nitrogen and oxygen atoms in total. The lowest BCUT2D eigenvalue weighted by molar-refractivity contribution is -0.142. The highest BCUT2D eigenvalue weighted by Crippen LogP contribution is 2.13. The molecule has 1 unspecified atom stereocenters. The molecule has 0 aliphatic rings. The molecule has 0 saturated heterocycles. The third kappa shape index (κ3) is 4.72. The van der Waals surface area contributed by atoms with Crippen LogP contribution in [0.2, 0.25) is 0 Å². The monoisotopic (exact) mass is 234 g/mol. The van der Waals surface area contributed by atoms with Crippen LogP contribution in [0.4, 0.5) is 0 Å². The van der Waals surface area contributed by atoms with Gasteiger partial charge >= 0.3 is 5.97 Å². The number of hydrogen-bond acceptors (Lipinski definition) is 3. The molecule has 17 heavy (non-hydrogen) atoms. The van der Waals surface area contributed by atoms with Crippen molar-refractivity contribution in [2.45, 2.75) is 26.4 Å². The summed E-state index contributed by atoms with van der Waals surface area (Å²) in [5.74, 6) is 0.449. The molecule has 0 N–H and O–H groups in total. The Hall–Kier alpha value is -1.77. The quantitative estimate of drug-likeness (QED) is 0.580. The number of carbonyl (C=O) groups excluding carboxylic acids is 1. The van der Waals surface area contributed by atoms with Crippen LogP contribution in [0.1, 0.15) is 25.8 Å². The van der Waals surface area contributed by atoms with Crippen molar-refractivity contribution in [1.29, 1.82) is 0 Å². The van der Waals surface area contributed by atoms with Gasteiger partial charge in [0.25, 0.3) is 0 Å². The molecule has 1 aromatic rings. The summed E-state index contributed by atoms with van der Waals surface area (Å²) >= 11 is 0. The Kier molecular flexibility index (Phi) is 5.27. The molecular weight excluding hydrogens is 216 g/mol. The van der Waals surface area contributed by atoms with Crippen LogP contribution >= 0.6 is 0 Å². The van der Waals surface area contributed by atoms with Crippen molar-refractivity contribution >= 4 is 12.0 Å². The smallest absolute Gasteiger partial charge is 0.331 e. The van der Waals surface area contributed by atoms with Crippen molar-refractivity contribution in [1.82, 2.24) is 0 Å². The first-order chi connectivity index (χ1) is 8.15. The van der Waals surface area contributed by atoms with E-state index < -0.39 is 0 Å². The number of ether oxygens (including phenoxy) is 2. The molecule has 1 aromatic carbocycles. The minimum atomic E-state index is -0.317. The van der Waals surface area contributed by atoms with E-state index in [-0.39, 0.29) is 12.1 Å². The maximum absolute atomic E-state index is 11.4. The van der Waals surface area contributed by atoms with Gasteiger partial charge in [-0.15, -0.1) is 0 Å². The Morgan fingerprint density at radius 2 is 2.24 bits per heavy atom. The van der Waals surface area contributed by atoms with Gasteiger partial charge in [-0.1, -0.05) is 19.1 Å². The molecule has 0 aromatic heterocycles. The van der Waals surface area contributed by atoms with Crippen molar-refractivity contribution in [2.75, 3.05) is 7.11 Å². The largest absolute Gasteiger partial charge is 0.497 e. The second kappa shape index (κ2) is 6.74. The van der Waals surface area contributed by atoms with E-state index in [1.807, 2.05) is 38.1 Å². The molecule has 1 atom stereocenters. The Bertz CT molecular complexity index is 396. The highest BCUT2D eigenvalue weighted by atomic mass is 16.5. The van der Waals surface area contributed by atoms with Gasteiger partial charge in [-0.05, 0) is 37.1 Å². The first kappa shape index (κ1) is 13.3. The van der Waals surface area contributed by atoms with Crippen molar-refractivity contribution < 1.29 is 14.3 Å². The topological polar surface area (TPSA) is 35.5 Å². The van der Waals surface area contributed by atoms with Crippen LogP contribution in [0.5, 0.6) is 5.75 Å². The summed E-state index contributed by atoms with van der Waals surface area (Å²) in [5.41, 5.74) is 0.908. The lowest BCUT2D eigenvalue weighted by atomic mass is 10.2. The normalized spacial score (nSPS) is 12.4. The highest BCUT2D eigenvalue weighted by molar-refractivity contribution is 5.87. The lowest BCUT2D eigenvalue weighted by Crippen LogP contribution is -2.11. The first-order valence-corrected chi connectivity index (χ1v) is 5.68. The molecule has 0 bridgehead atoms. The summed E-state index contributed by atoms with van der Waals surface area (Å²) in [6.07, 6.45) is 3.92. The summed E-state index contributed by atoms with van der Waals surface area (Å²) in [6.45, 7) is 3.85. The molecule has 0 spiro atoms. The number of rotatable bonds is 5. The fourth-order valence-electron chi connectivity index (χ4n) is 1.23. The molecule has 0 fully saturated rings. The predicted octanol–water partition coefficient (Wildman–Crippen LogP) is 3.05. The van der Waals surface area contributed by atoms with E-state index in [1.165, 1.54) is 6.08 Å². The van der Waals surface area contributed by atoms with Gasteiger partial charge in [0.2, 0.25) is 0 Å². The zero-order valence-corrected chi connectivity index (χ0v) is 10.5. The fraction of sp³-hybridized carbons (Fsp3) is 0.357. The van der Waals surface area contributed by atoms with Gasteiger partial charge < -0.3 is 9.47 Å². The molecule has 0 aliphatic carbocycles. The standard InChI is InChI=1S/C14H18O3/c1-4-11(2)17-14(15)9-8-12-6-5-7-13(10-12)16-3/h5-11H,4H2,1-3H3. The van der Waals surface area contributed by atoms with Gasteiger partial charge in [-0.25, -0.2) is 4.79 Å². The molecule has 0 aliphatic heterocycles. The second-order valence-electron chi connectivity index (χ2n) is 3.77. The van der Waals surface area contributed by atoms with E-state index in [1.54, 1.807) is 13.2 Å². The van der Waals surface area contributed by atoms with Crippen LogP contribution in [-0.2, 0) is 9.53 Å². The Balaban J connectivity index is 2.60. The Morgan fingerprint density at radius 3 is 2.88 bits per heavy atom. The van der Waals surface area contributed by atoms with Crippen LogP contribution in [0.25, 0.3) is 6.08 Å². The first-order valence-electron chi connectivity index (χ1n) is 5.68. The number of esters is 1. The minimum absolute atomic E-state index is 0.0440. The maximum atomic E-state index is 11.4. The number of benzene rings is 1. The van der Waals surface area contributed by atoms with Crippen LogP contribution in [0.3, 0.4) is 0 Å². The molecule has 0 amide bonds. The van der Waals surface area contributed by atoms with Crippen molar-refractivity contribution in [3.05, 3.63) is 35.9 Å². The zero-order chi connectivity index (χ0) is 12.7. The van der Waals surface area contributed by atoms with E-state index in [2.05, 4.69) is 0 Å². The van der Waals surface area contributed by atoms with Crippen molar-refractivity contribution in [3.63, 3.8) is 0 Å². The maximum Gasteiger partial charge on any atom is 0.331 e. The predicted molar refractivity (Wildman–Crippen MR) is 67.9 cm³/mol. The number of carbonyl (C=O) groups is 1. The van der Waals surface area contributed by atoms with Crippen LogP contribution in [-0.4, -0.2) is 19.2 Å². The zero-order valence-electron chi connectivity index (χ0n) is 10.5. The van der Waals surface area contributed by atoms with Gasteiger partial charge in [0, 0.05) is 6.08 Å². The Morgan fingerprint density at radius 1 is 1.47 bits per heavy atom. The molecule has 3 heteroatoms. The van der Waals surface area contributed by atoms with Gasteiger partial charge in [0.1, 0.15) is 5.75 Å². The summed E-state index contributed by atoms with van der Waals surface area (Å²) in [4.78, 5) is 11.4. The second-order valence-corrected chi connectivity index (χ2v) is 3.77. The average molecular weight is 234 g/mol. The summed E-state index contributed by atoms with van der Waals surface area (Å²) < 4.78 is 10.2. The SMILES string of the molecule is CCC(C)OC(=O)C=Cc1cccc(OC)c1. The number of methoxy groups -OCH3 is 1. The van der Waals surface area contributed by atoms with E-state index in [4.69, 9.17) is 9.47 Å². The van der Waals surface area contributed by atoms with Crippen molar-refractivity contribution in [3.8, 4) is 5.75 Å². The highest BCUT2D eigenvalue weighted by Gasteiger charge is 2.03. The number of hydrogen-bond donors (Lipinski definition) is 0. The molecule has 92 valence electrons. The third-order valence-corrected chi connectivity index (χ3v) is 2.40. The summed E-state index contributed by atoms with van der Waals surface area (Å²) in [7, 11) is 1.61. The molecule has 1 rings (SSSR count). The van der Waals surface area contributed by atoms with Gasteiger partial charge in [0.05, 0.1) is 13.2 Å². The van der Waals surface area contributed by atoms with Gasteiger partial charge in [0.15, 0.2) is 0 Å². The lowest BCUT2D eigenvalue weighted by Gasteiger charge is -2.07. The van der Waals surface area contributed by atoms with E-state index in [9.17, 15) is 4.79 Å². The van der Waals surface area contributed by atoms with Gasteiger partial charge in [-0.3, -0.25) is 0 Å². The fourth-order valence-corrected chi connectivity index (χ4v) is 1.23. The van der Waals surface area contributed by atoms with E-state index in [0.29, 0.717) is 0 Å².